The van der Waals surface area contributed by atoms with Crippen molar-refractivity contribution in [2.75, 3.05) is 0 Å². The first-order valence-electron chi connectivity index (χ1n) is 6.23. The lowest BCUT2D eigenvalue weighted by Gasteiger charge is -2.14. The van der Waals surface area contributed by atoms with Crippen molar-refractivity contribution in [3.63, 3.8) is 0 Å². The second kappa shape index (κ2) is 6.16. The van der Waals surface area contributed by atoms with E-state index in [4.69, 9.17) is 10.8 Å². The summed E-state index contributed by atoms with van der Waals surface area (Å²) in [5, 5.41) is 9.13. The van der Waals surface area contributed by atoms with E-state index in [1.54, 1.807) is 0 Å². The third kappa shape index (κ3) is 3.42. The highest BCUT2D eigenvalue weighted by atomic mass is 16.3. The van der Waals surface area contributed by atoms with E-state index in [-0.39, 0.29) is 18.4 Å². The average molecular weight is 255 g/mol. The molecule has 3 nitrogen and oxygen atoms in total. The third-order valence-corrected chi connectivity index (χ3v) is 3.16. The number of carbonyl (C=O) groups is 1. The molecule has 2 aromatic rings. The second-order valence-corrected chi connectivity index (χ2v) is 4.55. The first-order valence-corrected chi connectivity index (χ1v) is 6.23. The van der Waals surface area contributed by atoms with Gasteiger partial charge in [0.2, 0.25) is 5.91 Å². The normalized spacial score (nSPS) is 12.1. The van der Waals surface area contributed by atoms with Crippen LogP contribution in [0.3, 0.4) is 0 Å². The quantitative estimate of drug-likeness (QED) is 0.858. The van der Waals surface area contributed by atoms with Crippen LogP contribution >= 0.6 is 0 Å². The summed E-state index contributed by atoms with van der Waals surface area (Å²) in [6, 6.07) is 17.1. The number of benzene rings is 2. The highest BCUT2D eigenvalue weighted by Crippen LogP contribution is 2.21. The lowest BCUT2D eigenvalue weighted by Crippen LogP contribution is -2.23. The molecule has 0 aliphatic carbocycles. The Kier molecular flexibility index (Phi) is 4.31. The minimum atomic E-state index is -0.338. The van der Waals surface area contributed by atoms with Crippen LogP contribution in [-0.2, 0) is 17.8 Å². The second-order valence-electron chi connectivity index (χ2n) is 4.55. The van der Waals surface area contributed by atoms with Crippen LogP contribution in [0.25, 0.3) is 0 Å². The summed E-state index contributed by atoms with van der Waals surface area (Å²) in [6.07, 6.45) is 0.549. The molecule has 2 aromatic carbocycles. The lowest BCUT2D eigenvalue weighted by molar-refractivity contribution is -0.119. The van der Waals surface area contributed by atoms with Gasteiger partial charge in [-0.25, -0.2) is 0 Å². The number of carbonyl (C=O) groups excluding carboxylic acids is 1. The van der Waals surface area contributed by atoms with Gasteiger partial charge < -0.3 is 10.8 Å². The Morgan fingerprint density at radius 1 is 1.05 bits per heavy atom. The molecule has 0 saturated carbocycles. The van der Waals surface area contributed by atoms with Gasteiger partial charge >= 0.3 is 0 Å². The van der Waals surface area contributed by atoms with Crippen molar-refractivity contribution in [1.82, 2.24) is 0 Å². The average Bonchev–Trinajstić information content (AvgIpc) is 2.45. The highest BCUT2D eigenvalue weighted by molar-refractivity contribution is 5.82. The Morgan fingerprint density at radius 3 is 2.37 bits per heavy atom. The van der Waals surface area contributed by atoms with Crippen molar-refractivity contribution in [2.45, 2.75) is 18.9 Å². The smallest absolute Gasteiger partial charge is 0.225 e. The zero-order valence-electron chi connectivity index (χ0n) is 10.6. The van der Waals surface area contributed by atoms with Crippen LogP contribution < -0.4 is 5.73 Å². The van der Waals surface area contributed by atoms with Crippen LogP contribution in [0.5, 0.6) is 0 Å². The molecule has 3 N–H and O–H groups in total. The minimum Gasteiger partial charge on any atom is -0.392 e. The van der Waals surface area contributed by atoms with Crippen LogP contribution in [0.15, 0.2) is 54.6 Å². The summed E-state index contributed by atoms with van der Waals surface area (Å²) in [5.74, 6) is -0.671. The molecule has 0 spiro atoms. The van der Waals surface area contributed by atoms with Gasteiger partial charge in [-0.3, -0.25) is 4.79 Å². The van der Waals surface area contributed by atoms with Crippen LogP contribution in [0, 0.1) is 0 Å². The van der Waals surface area contributed by atoms with E-state index in [9.17, 15) is 4.79 Å². The molecule has 0 fully saturated rings. The Morgan fingerprint density at radius 2 is 1.74 bits per heavy atom. The SMILES string of the molecule is NC(=O)C(Cc1cccc(CO)c1)c1ccccc1. The molecule has 1 atom stereocenters. The monoisotopic (exact) mass is 255 g/mol. The van der Waals surface area contributed by atoms with Crippen molar-refractivity contribution in [2.24, 2.45) is 5.73 Å². The summed E-state index contributed by atoms with van der Waals surface area (Å²) in [7, 11) is 0. The summed E-state index contributed by atoms with van der Waals surface area (Å²) >= 11 is 0. The molecule has 0 aliphatic rings. The summed E-state index contributed by atoms with van der Waals surface area (Å²) in [6.45, 7) is 0.000412. The molecule has 0 saturated heterocycles. The van der Waals surface area contributed by atoms with Crippen LogP contribution in [-0.4, -0.2) is 11.0 Å². The van der Waals surface area contributed by atoms with E-state index in [0.717, 1.165) is 16.7 Å². The fourth-order valence-corrected chi connectivity index (χ4v) is 2.16. The predicted molar refractivity (Wildman–Crippen MR) is 74.4 cm³/mol. The molecular weight excluding hydrogens is 238 g/mol. The van der Waals surface area contributed by atoms with Crippen molar-refractivity contribution >= 4 is 5.91 Å². The molecule has 3 heteroatoms. The van der Waals surface area contributed by atoms with E-state index in [1.165, 1.54) is 0 Å². The van der Waals surface area contributed by atoms with E-state index < -0.39 is 0 Å². The van der Waals surface area contributed by atoms with Crippen molar-refractivity contribution in [1.29, 1.82) is 0 Å². The van der Waals surface area contributed by atoms with Gasteiger partial charge in [-0.2, -0.15) is 0 Å². The number of aliphatic hydroxyl groups excluding tert-OH is 1. The summed E-state index contributed by atoms with van der Waals surface area (Å²) in [5.41, 5.74) is 8.26. The lowest BCUT2D eigenvalue weighted by atomic mass is 9.91. The number of amides is 1. The van der Waals surface area contributed by atoms with Gasteiger partial charge in [0.05, 0.1) is 12.5 Å². The molecule has 0 aliphatic heterocycles. The van der Waals surface area contributed by atoms with Gasteiger partial charge in [-0.15, -0.1) is 0 Å². The molecule has 98 valence electrons. The highest BCUT2D eigenvalue weighted by Gasteiger charge is 2.18. The van der Waals surface area contributed by atoms with Gasteiger partial charge in [-0.05, 0) is 23.1 Å². The Hall–Kier alpha value is -2.13. The Labute approximate surface area is 112 Å². The van der Waals surface area contributed by atoms with Gasteiger partial charge in [0.25, 0.3) is 0 Å². The fraction of sp³-hybridized carbons (Fsp3) is 0.188. The van der Waals surface area contributed by atoms with Gasteiger partial charge in [0.1, 0.15) is 0 Å². The Balaban J connectivity index is 2.24. The van der Waals surface area contributed by atoms with Crippen LogP contribution in [0.1, 0.15) is 22.6 Å². The number of rotatable bonds is 5. The molecule has 1 unspecified atom stereocenters. The van der Waals surface area contributed by atoms with Crippen LogP contribution in [0.4, 0.5) is 0 Å². The zero-order valence-corrected chi connectivity index (χ0v) is 10.6. The van der Waals surface area contributed by atoms with E-state index in [2.05, 4.69) is 0 Å². The van der Waals surface area contributed by atoms with Gasteiger partial charge in [-0.1, -0.05) is 54.6 Å². The number of aliphatic hydroxyl groups is 1. The van der Waals surface area contributed by atoms with Gasteiger partial charge in [0.15, 0.2) is 0 Å². The maximum absolute atomic E-state index is 11.6. The van der Waals surface area contributed by atoms with E-state index in [0.29, 0.717) is 6.42 Å². The number of hydrogen-bond donors (Lipinski definition) is 2. The van der Waals surface area contributed by atoms with Crippen LogP contribution in [0.2, 0.25) is 0 Å². The number of hydrogen-bond acceptors (Lipinski definition) is 2. The first-order chi connectivity index (χ1) is 9.20. The summed E-state index contributed by atoms with van der Waals surface area (Å²) in [4.78, 5) is 11.6. The van der Waals surface area contributed by atoms with Crippen molar-refractivity contribution in [3.05, 3.63) is 71.3 Å². The molecule has 1 amide bonds. The molecule has 2 rings (SSSR count). The fourth-order valence-electron chi connectivity index (χ4n) is 2.16. The molecule has 0 bridgehead atoms. The topological polar surface area (TPSA) is 63.3 Å². The molecule has 19 heavy (non-hydrogen) atoms. The largest absolute Gasteiger partial charge is 0.392 e. The number of primary amides is 1. The minimum absolute atomic E-state index is 0.000412. The van der Waals surface area contributed by atoms with E-state index in [1.807, 2.05) is 54.6 Å². The molecule has 0 heterocycles. The maximum Gasteiger partial charge on any atom is 0.225 e. The van der Waals surface area contributed by atoms with Crippen molar-refractivity contribution < 1.29 is 9.90 Å². The van der Waals surface area contributed by atoms with Gasteiger partial charge in [0, 0.05) is 0 Å². The number of nitrogens with two attached hydrogens (primary N) is 1. The zero-order chi connectivity index (χ0) is 13.7. The predicted octanol–water partition coefficient (Wildman–Crippen LogP) is 1.99. The third-order valence-electron chi connectivity index (χ3n) is 3.16. The molecular formula is C16H17NO2. The van der Waals surface area contributed by atoms with E-state index >= 15 is 0 Å². The van der Waals surface area contributed by atoms with Crippen molar-refractivity contribution in [3.8, 4) is 0 Å². The molecule has 0 radical (unpaired) electrons. The molecule has 0 aromatic heterocycles. The first kappa shape index (κ1) is 13.3. The summed E-state index contributed by atoms with van der Waals surface area (Å²) < 4.78 is 0. The standard InChI is InChI=1S/C16H17NO2/c17-16(19)15(14-7-2-1-3-8-14)10-12-5-4-6-13(9-12)11-18/h1-9,15,18H,10-11H2,(H2,17,19). The Bertz CT molecular complexity index is 552. The maximum atomic E-state index is 11.6.